The number of halogens is 3. The van der Waals surface area contributed by atoms with Crippen LogP contribution in [0.25, 0.3) is 22.1 Å². The molecule has 7 heterocycles. The van der Waals surface area contributed by atoms with Gasteiger partial charge in [0.2, 0.25) is 5.88 Å². The van der Waals surface area contributed by atoms with Crippen molar-refractivity contribution in [2.75, 3.05) is 42.7 Å². The summed E-state index contributed by atoms with van der Waals surface area (Å²) in [6.07, 6.45) is -2.20. The zero-order chi connectivity index (χ0) is 35.4. The van der Waals surface area contributed by atoms with E-state index in [0.29, 0.717) is 54.3 Å². The molecule has 12 nitrogen and oxygen atoms in total. The summed E-state index contributed by atoms with van der Waals surface area (Å²) in [5, 5.41) is 10.8. The lowest BCUT2D eigenvalue weighted by molar-refractivity contribution is -0.228. The van der Waals surface area contributed by atoms with Gasteiger partial charge in [-0.15, -0.1) is 0 Å². The lowest BCUT2D eigenvalue weighted by Crippen LogP contribution is -2.68. The number of carboxylic acids is 1. The van der Waals surface area contributed by atoms with Crippen LogP contribution in [0.2, 0.25) is 0 Å². The first-order valence-electron chi connectivity index (χ1n) is 16.4. The highest BCUT2D eigenvalue weighted by molar-refractivity contribution is 6.06. The van der Waals surface area contributed by atoms with Crippen LogP contribution < -0.4 is 14.5 Å². The molecule has 1 spiro atoms. The first-order chi connectivity index (χ1) is 24.6. The third-order valence-corrected chi connectivity index (χ3v) is 9.65. The molecule has 8 rings (SSSR count). The van der Waals surface area contributed by atoms with E-state index in [1.807, 2.05) is 13.0 Å². The number of morpholine rings is 1. The summed E-state index contributed by atoms with van der Waals surface area (Å²) < 4.78 is 66.1. The zero-order valence-corrected chi connectivity index (χ0v) is 27.5. The van der Waals surface area contributed by atoms with Crippen LogP contribution in [0.5, 0.6) is 5.88 Å². The lowest BCUT2D eigenvalue weighted by atomic mass is 9.90. The number of hydrogen-bond acceptors (Lipinski definition) is 11. The van der Waals surface area contributed by atoms with Crippen molar-refractivity contribution in [2.45, 2.75) is 50.5 Å². The number of aryl methyl sites for hydroxylation is 1. The molecule has 3 aliphatic heterocycles. The van der Waals surface area contributed by atoms with Gasteiger partial charge < -0.3 is 33.5 Å². The van der Waals surface area contributed by atoms with E-state index < -0.39 is 41.8 Å². The first kappa shape index (κ1) is 32.7. The molecule has 3 fully saturated rings. The number of rotatable bonds is 6. The van der Waals surface area contributed by atoms with Crippen molar-refractivity contribution in [1.29, 1.82) is 0 Å². The Labute approximate surface area is 289 Å². The Morgan fingerprint density at radius 3 is 2.69 bits per heavy atom. The number of alkyl halides is 2. The second-order valence-electron chi connectivity index (χ2n) is 12.8. The van der Waals surface area contributed by atoms with E-state index in [4.69, 9.17) is 18.6 Å². The van der Waals surface area contributed by atoms with Gasteiger partial charge in [0.1, 0.15) is 46.0 Å². The third-order valence-electron chi connectivity index (χ3n) is 9.65. The molecule has 262 valence electrons. The largest absolute Gasteiger partial charge is 0.480 e. The first-order valence-corrected chi connectivity index (χ1v) is 16.4. The molecule has 3 aliphatic rings. The van der Waals surface area contributed by atoms with Crippen LogP contribution in [0.15, 0.2) is 53.1 Å². The number of ether oxygens (including phenoxy) is 3. The molecule has 0 aliphatic carbocycles. The van der Waals surface area contributed by atoms with Crippen molar-refractivity contribution in [3.8, 4) is 17.7 Å². The average Bonchev–Trinajstić information content (AvgIpc) is 3.70. The van der Waals surface area contributed by atoms with Gasteiger partial charge in [0.15, 0.2) is 17.2 Å². The van der Waals surface area contributed by atoms with Gasteiger partial charge in [-0.3, -0.25) is 0 Å². The Kier molecular flexibility index (Phi) is 8.15. The molecule has 1 aromatic carbocycles. The topological polar surface area (TPSA) is 136 Å². The Morgan fingerprint density at radius 2 is 1.94 bits per heavy atom. The van der Waals surface area contributed by atoms with Crippen LogP contribution in [0.3, 0.4) is 0 Å². The number of aliphatic carboxylic acids is 1. The van der Waals surface area contributed by atoms with Crippen molar-refractivity contribution in [2.24, 2.45) is 0 Å². The van der Waals surface area contributed by atoms with Crippen molar-refractivity contribution in [3.05, 3.63) is 77.3 Å². The number of aromatic nitrogens is 4. The molecule has 51 heavy (non-hydrogen) atoms. The number of fused-ring (bicyclic) bond motifs is 3. The van der Waals surface area contributed by atoms with Crippen molar-refractivity contribution < 1.29 is 41.7 Å². The molecule has 5 aromatic rings. The molecule has 1 N–H and O–H groups in total. The van der Waals surface area contributed by atoms with E-state index in [1.54, 1.807) is 31.2 Å². The van der Waals surface area contributed by atoms with Gasteiger partial charge in [-0.05, 0) is 50.1 Å². The minimum absolute atomic E-state index is 0.000222. The Hall–Kier alpha value is -5.46. The Balaban J connectivity index is 1.15. The minimum Gasteiger partial charge on any atom is -0.480 e. The van der Waals surface area contributed by atoms with Gasteiger partial charge in [0.25, 0.3) is 6.43 Å². The molecule has 0 amide bonds. The summed E-state index contributed by atoms with van der Waals surface area (Å²) in [5.74, 6) is 3.86. The minimum atomic E-state index is -3.00. The summed E-state index contributed by atoms with van der Waals surface area (Å²) in [5.41, 5.74) is 1.95. The van der Waals surface area contributed by atoms with E-state index >= 15 is 0 Å². The highest BCUT2D eigenvalue weighted by Crippen LogP contribution is 2.41. The van der Waals surface area contributed by atoms with Crippen LogP contribution in [0.1, 0.15) is 42.5 Å². The van der Waals surface area contributed by atoms with E-state index in [9.17, 15) is 23.1 Å². The van der Waals surface area contributed by atoms with Crippen LogP contribution in [-0.2, 0) is 14.3 Å². The van der Waals surface area contributed by atoms with E-state index in [1.165, 1.54) is 23.2 Å². The summed E-state index contributed by atoms with van der Waals surface area (Å²) >= 11 is 0. The van der Waals surface area contributed by atoms with E-state index in [0.717, 1.165) is 0 Å². The van der Waals surface area contributed by atoms with E-state index in [-0.39, 0.29) is 47.5 Å². The monoisotopic (exact) mass is 700 g/mol. The number of pyridine rings is 2. The number of hydrogen-bond donors (Lipinski definition) is 1. The molecule has 4 aromatic heterocycles. The number of benzene rings is 1. The summed E-state index contributed by atoms with van der Waals surface area (Å²) in [7, 11) is 0. The van der Waals surface area contributed by atoms with Crippen molar-refractivity contribution in [1.82, 2.24) is 19.9 Å². The fourth-order valence-corrected chi connectivity index (χ4v) is 6.85. The molecule has 0 bridgehead atoms. The van der Waals surface area contributed by atoms with Gasteiger partial charge in [0.05, 0.1) is 38.1 Å². The predicted molar refractivity (Wildman–Crippen MR) is 178 cm³/mol. The molecule has 0 saturated carbocycles. The Morgan fingerprint density at radius 1 is 1.12 bits per heavy atom. The molecule has 0 unspecified atom stereocenters. The van der Waals surface area contributed by atoms with Gasteiger partial charge in [0, 0.05) is 30.1 Å². The highest BCUT2D eigenvalue weighted by atomic mass is 19.3. The predicted octanol–water partition coefficient (Wildman–Crippen LogP) is 5.06. The number of carboxylic acid groups (broad SMARTS) is 1. The maximum absolute atomic E-state index is 14.1. The Bertz CT molecular complexity index is 2230. The number of nitrogens with zero attached hydrogens (tertiary/aromatic N) is 6. The van der Waals surface area contributed by atoms with Gasteiger partial charge in [-0.25, -0.2) is 37.9 Å². The van der Waals surface area contributed by atoms with Gasteiger partial charge in [-0.1, -0.05) is 18.1 Å². The highest BCUT2D eigenvalue weighted by Gasteiger charge is 2.50. The van der Waals surface area contributed by atoms with Crippen LogP contribution in [0.4, 0.5) is 24.7 Å². The zero-order valence-electron chi connectivity index (χ0n) is 27.5. The number of anilines is 2. The van der Waals surface area contributed by atoms with Gasteiger partial charge in [-0.2, -0.15) is 0 Å². The van der Waals surface area contributed by atoms with E-state index in [2.05, 4.69) is 36.7 Å². The second-order valence-corrected chi connectivity index (χ2v) is 12.8. The maximum atomic E-state index is 14.1. The molecular weight excluding hydrogens is 669 g/mol. The molecule has 3 atom stereocenters. The van der Waals surface area contributed by atoms with Crippen LogP contribution >= 0.6 is 0 Å². The lowest BCUT2D eigenvalue weighted by Gasteiger charge is -2.53. The average molecular weight is 701 g/mol. The second kappa shape index (κ2) is 12.7. The van der Waals surface area contributed by atoms with Crippen LogP contribution in [0, 0.1) is 24.6 Å². The number of para-hydroxylation sites is 1. The standard InChI is InChI=1S/C36H31F3N6O6/c1-19-25(37)10-9-22(41-19)8-7-21-13-26(44-11-12-49-36(20(44)2)17-48-18-36)34(40-15-21)50-23-14-27(35(46)47)45(16-23)33-30-29(42-32(43-33)31(38)39)24-5-3-4-6-28(24)51-30/h3-6,9-10,13,15,20,23,27,31H,11-12,14,16-18H2,1-2H3,(H,46,47)/t20-,23-,27-/m0/s1. The van der Waals surface area contributed by atoms with Crippen molar-refractivity contribution >= 4 is 39.5 Å². The normalized spacial score (nSPS) is 21.3. The summed E-state index contributed by atoms with van der Waals surface area (Å²) in [6.45, 7) is 5.36. The summed E-state index contributed by atoms with van der Waals surface area (Å²) in [6, 6.07) is 10.2. The fraction of sp³-hybridized carbons (Fsp3) is 0.361. The van der Waals surface area contributed by atoms with Gasteiger partial charge >= 0.3 is 5.97 Å². The molecule has 15 heteroatoms. The molecule has 0 radical (unpaired) electrons. The SMILES string of the molecule is Cc1nc(C#Cc2cnc(O[C@H]3C[C@@H](C(=O)O)N(c4nc(C(F)F)nc5c4oc4ccccc45)C3)c(N3CCOC4(COC4)[C@@H]3C)c2)ccc1F. The fourth-order valence-electron chi connectivity index (χ4n) is 6.85. The maximum Gasteiger partial charge on any atom is 0.326 e. The molecule has 3 saturated heterocycles. The third kappa shape index (κ3) is 5.83. The molecular formula is C36H31F3N6O6. The smallest absolute Gasteiger partial charge is 0.326 e. The van der Waals surface area contributed by atoms with Crippen LogP contribution in [-0.4, -0.2) is 87.7 Å². The quantitative estimate of drug-likeness (QED) is 0.237. The van der Waals surface area contributed by atoms with Crippen molar-refractivity contribution in [3.63, 3.8) is 0 Å². The number of carbonyl (C=O) groups is 1. The summed E-state index contributed by atoms with van der Waals surface area (Å²) in [4.78, 5) is 33.2. The number of furan rings is 1.